The number of pyridine rings is 1. The molecular weight excluding hydrogens is 601 g/mol. The van der Waals surface area contributed by atoms with Gasteiger partial charge in [0.05, 0.1) is 28.6 Å². The van der Waals surface area contributed by atoms with E-state index >= 15 is 0 Å². The Labute approximate surface area is 249 Å². The molecule has 232 valence electrons. The number of ether oxygens (including phenoxy) is 2. The molecule has 0 amide bonds. The van der Waals surface area contributed by atoms with E-state index in [0.717, 1.165) is 6.20 Å². The van der Waals surface area contributed by atoms with Crippen molar-refractivity contribution in [2.75, 3.05) is 32.8 Å². The quantitative estimate of drug-likeness (QED) is 0.302. The van der Waals surface area contributed by atoms with E-state index in [1.807, 2.05) is 0 Å². The molecule has 1 aromatic heterocycles. The lowest BCUT2D eigenvalue weighted by Gasteiger charge is -2.38. The fourth-order valence-corrected chi connectivity index (χ4v) is 8.98. The van der Waals surface area contributed by atoms with Crippen LogP contribution >= 0.6 is 0 Å². The van der Waals surface area contributed by atoms with Crippen molar-refractivity contribution in [3.05, 3.63) is 54.5 Å². The van der Waals surface area contributed by atoms with Gasteiger partial charge < -0.3 is 25.0 Å². The second-order valence-corrected chi connectivity index (χ2v) is 15.6. The molecule has 3 heterocycles. The van der Waals surface area contributed by atoms with E-state index in [-0.39, 0.29) is 58.2 Å². The Kier molecular flexibility index (Phi) is 8.11. The monoisotopic (exact) mass is 635 g/mol. The van der Waals surface area contributed by atoms with E-state index in [4.69, 9.17) is 9.47 Å². The predicted octanol–water partition coefficient (Wildman–Crippen LogP) is 2.36. The number of hydrogen-bond acceptors (Lipinski definition) is 10. The number of benzene rings is 2. The maximum Gasteiger partial charge on any atom is 0.248 e. The zero-order valence-corrected chi connectivity index (χ0v) is 25.0. The van der Waals surface area contributed by atoms with Crippen LogP contribution in [0.15, 0.2) is 58.5 Å². The highest BCUT2D eigenvalue weighted by molar-refractivity contribution is 7.92. The third-order valence-corrected chi connectivity index (χ3v) is 12.6. The summed E-state index contributed by atoms with van der Waals surface area (Å²) in [5, 5.41) is 24.1. The second kappa shape index (κ2) is 11.6. The zero-order valence-electron chi connectivity index (χ0n) is 23.4. The fraction of sp³-hybridized carbons (Fsp3) is 0.483. The van der Waals surface area contributed by atoms with E-state index < -0.39 is 43.1 Å². The zero-order chi connectivity index (χ0) is 30.4. The van der Waals surface area contributed by atoms with Gasteiger partial charge in [-0.05, 0) is 62.4 Å². The number of aliphatic hydroxyl groups is 1. The third-order valence-electron chi connectivity index (χ3n) is 8.43. The molecule has 3 N–H and O–H groups in total. The average molecular weight is 636 g/mol. The van der Waals surface area contributed by atoms with Crippen molar-refractivity contribution in [2.24, 2.45) is 0 Å². The number of aliphatic hydroxyl groups excluding tert-OH is 1. The van der Waals surface area contributed by atoms with Crippen LogP contribution in [0.4, 0.5) is 4.39 Å². The van der Waals surface area contributed by atoms with Gasteiger partial charge >= 0.3 is 0 Å². The summed E-state index contributed by atoms with van der Waals surface area (Å²) in [5.41, 5.74) is -0.606. The lowest BCUT2D eigenvalue weighted by atomic mass is 9.88. The number of nitrogens with one attached hydrogen (secondary N) is 1. The van der Waals surface area contributed by atoms with Crippen molar-refractivity contribution in [1.29, 1.82) is 0 Å². The fourth-order valence-electron chi connectivity index (χ4n) is 5.81. The normalized spacial score (nSPS) is 21.8. The first kappa shape index (κ1) is 30.2. The van der Waals surface area contributed by atoms with Crippen LogP contribution < -0.4 is 10.1 Å². The summed E-state index contributed by atoms with van der Waals surface area (Å²) in [6.07, 6.45) is 3.05. The van der Waals surface area contributed by atoms with Crippen molar-refractivity contribution in [1.82, 2.24) is 14.6 Å². The highest BCUT2D eigenvalue weighted by Gasteiger charge is 2.45. The summed E-state index contributed by atoms with van der Waals surface area (Å²) in [6.45, 7) is 0.986. The topological polar surface area (TPSA) is 155 Å². The van der Waals surface area contributed by atoms with Crippen molar-refractivity contribution in [3.8, 4) is 11.5 Å². The molecule has 2 atom stereocenters. The van der Waals surface area contributed by atoms with Crippen molar-refractivity contribution in [2.45, 2.75) is 64.9 Å². The van der Waals surface area contributed by atoms with Gasteiger partial charge in [0.25, 0.3) is 0 Å². The molecule has 14 heteroatoms. The van der Waals surface area contributed by atoms with Crippen LogP contribution in [0.2, 0.25) is 0 Å². The van der Waals surface area contributed by atoms with Gasteiger partial charge in [-0.3, -0.25) is 4.98 Å². The van der Waals surface area contributed by atoms with Crippen molar-refractivity contribution in [3.63, 3.8) is 0 Å². The lowest BCUT2D eigenvalue weighted by Crippen LogP contribution is -2.47. The number of aromatic nitrogens is 1. The number of halogens is 1. The number of para-hydroxylation sites is 1. The number of aromatic hydroxyl groups is 1. The van der Waals surface area contributed by atoms with Crippen LogP contribution in [0.5, 0.6) is 11.5 Å². The van der Waals surface area contributed by atoms with Gasteiger partial charge in [0.15, 0.2) is 9.84 Å². The smallest absolute Gasteiger partial charge is 0.248 e. The number of piperidine rings is 1. The second-order valence-electron chi connectivity index (χ2n) is 11.5. The minimum absolute atomic E-state index is 0.0193. The van der Waals surface area contributed by atoms with Crippen LogP contribution in [0.3, 0.4) is 0 Å². The van der Waals surface area contributed by atoms with Gasteiger partial charge in [-0.2, -0.15) is 4.31 Å². The molecule has 3 fully saturated rings. The molecule has 0 radical (unpaired) electrons. The summed E-state index contributed by atoms with van der Waals surface area (Å²) in [6, 6.07) is 10.3. The number of fused-ring (bicyclic) bond motifs is 1. The summed E-state index contributed by atoms with van der Waals surface area (Å²) in [5.74, 6) is -0.792. The lowest BCUT2D eigenvalue weighted by molar-refractivity contribution is -0.0312. The molecule has 6 rings (SSSR count). The largest absolute Gasteiger partial charge is 0.506 e. The van der Waals surface area contributed by atoms with Crippen molar-refractivity contribution < 1.29 is 40.9 Å². The molecule has 2 aliphatic heterocycles. The standard InChI is InChI=1S/C29H34FN3O8S2/c30-25-6-2-5-24-27(25)32-16-26(28(24)35)43(38,39)33-11-9-29(10-12-33)14-19(17-41-29)31-15-20(34)18-40-21-3-1-4-23(13-21)42(36,37)22-7-8-22/h1-6,13,16,19-20,22,31,34H,7-12,14-15,17-18H2,(H,32,35)/t19-,20+/m1/s1. The van der Waals surface area contributed by atoms with Gasteiger partial charge in [-0.25, -0.2) is 21.2 Å². The first-order valence-corrected chi connectivity index (χ1v) is 17.3. The van der Waals surface area contributed by atoms with E-state index in [1.165, 1.54) is 28.6 Å². The Morgan fingerprint density at radius 3 is 2.63 bits per heavy atom. The van der Waals surface area contributed by atoms with Gasteiger partial charge in [0.1, 0.15) is 40.4 Å². The SMILES string of the molecule is O=S(=O)(c1cccc(OC[C@@H](O)CN[C@H]2COC3(CCN(S(=O)(=O)c4cnc5c(F)cccc5c4O)CC3)C2)c1)C1CC1. The van der Waals surface area contributed by atoms with Crippen molar-refractivity contribution >= 4 is 30.8 Å². The van der Waals surface area contributed by atoms with E-state index in [1.54, 1.807) is 18.2 Å². The minimum Gasteiger partial charge on any atom is -0.506 e. The number of sulfone groups is 1. The highest BCUT2D eigenvalue weighted by atomic mass is 32.2. The minimum atomic E-state index is -4.07. The van der Waals surface area contributed by atoms with E-state index in [2.05, 4.69) is 10.3 Å². The number of hydrogen-bond donors (Lipinski definition) is 3. The molecule has 2 aromatic carbocycles. The summed E-state index contributed by atoms with van der Waals surface area (Å²) in [4.78, 5) is 3.81. The molecule has 3 aliphatic rings. The molecule has 0 unspecified atom stereocenters. The Bertz CT molecular complexity index is 1720. The number of rotatable bonds is 10. The molecule has 0 bridgehead atoms. The van der Waals surface area contributed by atoms with E-state index in [0.29, 0.717) is 44.5 Å². The average Bonchev–Trinajstić information content (AvgIpc) is 3.79. The molecule has 3 aromatic rings. The summed E-state index contributed by atoms with van der Waals surface area (Å²) < 4.78 is 78.8. The molecular formula is C29H34FN3O8S2. The Hall–Kier alpha value is -2.88. The molecule has 11 nitrogen and oxygen atoms in total. The predicted molar refractivity (Wildman–Crippen MR) is 155 cm³/mol. The molecule has 2 saturated heterocycles. The molecule has 43 heavy (non-hydrogen) atoms. The first-order chi connectivity index (χ1) is 20.5. The summed E-state index contributed by atoms with van der Waals surface area (Å²) >= 11 is 0. The van der Waals surface area contributed by atoms with Crippen LogP contribution in [0, 0.1) is 5.82 Å². The maximum absolute atomic E-state index is 14.0. The van der Waals surface area contributed by atoms with Gasteiger partial charge in [-0.1, -0.05) is 12.1 Å². The Morgan fingerprint density at radius 2 is 1.88 bits per heavy atom. The summed E-state index contributed by atoms with van der Waals surface area (Å²) in [7, 11) is -7.40. The van der Waals surface area contributed by atoms with E-state index in [9.17, 15) is 31.4 Å². The first-order valence-electron chi connectivity index (χ1n) is 14.3. The highest BCUT2D eigenvalue weighted by Crippen LogP contribution is 2.39. The van der Waals surface area contributed by atoms with Gasteiger partial charge in [0, 0.05) is 31.1 Å². The van der Waals surface area contributed by atoms with Crippen LogP contribution in [0.25, 0.3) is 10.9 Å². The number of sulfonamides is 1. The molecule has 1 saturated carbocycles. The number of nitrogens with zero attached hydrogens (tertiary/aromatic N) is 2. The van der Waals surface area contributed by atoms with Crippen LogP contribution in [-0.4, -0.2) is 92.2 Å². The van der Waals surface area contributed by atoms with Crippen LogP contribution in [-0.2, 0) is 24.6 Å². The maximum atomic E-state index is 14.0. The van der Waals surface area contributed by atoms with Crippen LogP contribution in [0.1, 0.15) is 32.1 Å². The molecule has 1 spiro atoms. The van der Waals surface area contributed by atoms with Gasteiger partial charge in [0.2, 0.25) is 10.0 Å². The molecule has 1 aliphatic carbocycles. The Morgan fingerprint density at radius 1 is 1.14 bits per heavy atom. The Balaban J connectivity index is 0.992. The third kappa shape index (κ3) is 6.08. The van der Waals surface area contributed by atoms with Gasteiger partial charge in [-0.15, -0.1) is 0 Å².